The maximum atomic E-state index is 12.6. The maximum absolute atomic E-state index is 12.6. The minimum atomic E-state index is -1.40. The molecule has 0 spiro atoms. The Labute approximate surface area is 132 Å². The average molecular weight is 316 g/mol. The minimum absolute atomic E-state index is 0.00508. The molecule has 1 aliphatic heterocycles. The number of rotatable bonds is 3. The number of methoxy groups -OCH3 is 2. The highest BCUT2D eigenvalue weighted by Gasteiger charge is 2.41. The van der Waals surface area contributed by atoms with Crippen LogP contribution in [0, 0.1) is 0 Å². The van der Waals surface area contributed by atoms with E-state index in [4.69, 9.17) is 14.2 Å². The Balaban J connectivity index is 2.16. The van der Waals surface area contributed by atoms with Gasteiger partial charge in [0.05, 0.1) is 14.2 Å². The molecule has 2 unspecified atom stereocenters. The van der Waals surface area contributed by atoms with Gasteiger partial charge in [-0.2, -0.15) is 0 Å². The topological polar surface area (TPSA) is 85.2 Å². The summed E-state index contributed by atoms with van der Waals surface area (Å²) in [7, 11) is 2.77. The normalized spacial score (nSPS) is 19.7. The number of phenols is 1. The fourth-order valence-corrected chi connectivity index (χ4v) is 2.64. The third kappa shape index (κ3) is 2.37. The van der Waals surface area contributed by atoms with Gasteiger partial charge >= 0.3 is 0 Å². The molecular formula is C17H16O6. The van der Waals surface area contributed by atoms with Crippen molar-refractivity contribution in [3.8, 4) is 23.0 Å². The van der Waals surface area contributed by atoms with Crippen molar-refractivity contribution in [3.05, 3.63) is 47.5 Å². The van der Waals surface area contributed by atoms with Crippen molar-refractivity contribution in [2.45, 2.75) is 12.2 Å². The van der Waals surface area contributed by atoms with Crippen LogP contribution in [0.25, 0.3) is 0 Å². The zero-order chi connectivity index (χ0) is 16.6. The molecule has 2 aromatic carbocycles. The number of aromatic hydroxyl groups is 1. The van der Waals surface area contributed by atoms with Gasteiger partial charge in [0.15, 0.2) is 23.7 Å². The Hall–Kier alpha value is -2.73. The van der Waals surface area contributed by atoms with E-state index in [1.54, 1.807) is 24.3 Å². The summed E-state index contributed by atoms with van der Waals surface area (Å²) in [5.41, 5.74) is 0.630. The summed E-state index contributed by atoms with van der Waals surface area (Å²) in [5.74, 6) is -0.633. The van der Waals surface area contributed by atoms with E-state index in [1.165, 1.54) is 20.3 Å². The number of hydrogen-bond donors (Lipinski definition) is 2. The van der Waals surface area contributed by atoms with Gasteiger partial charge in [-0.3, -0.25) is 4.79 Å². The van der Waals surface area contributed by atoms with E-state index in [0.29, 0.717) is 5.56 Å². The van der Waals surface area contributed by atoms with E-state index in [-0.39, 0.29) is 28.6 Å². The Morgan fingerprint density at radius 2 is 1.74 bits per heavy atom. The molecule has 0 aliphatic carbocycles. The molecule has 0 bridgehead atoms. The molecule has 6 nitrogen and oxygen atoms in total. The molecule has 0 saturated heterocycles. The minimum Gasteiger partial charge on any atom is -0.502 e. The second-order valence-corrected chi connectivity index (χ2v) is 5.09. The number of ether oxygens (including phenoxy) is 3. The molecule has 2 aromatic rings. The van der Waals surface area contributed by atoms with Gasteiger partial charge in [-0.1, -0.05) is 30.3 Å². The molecule has 0 fully saturated rings. The smallest absolute Gasteiger partial charge is 0.203 e. The molecule has 23 heavy (non-hydrogen) atoms. The van der Waals surface area contributed by atoms with Crippen molar-refractivity contribution in [1.82, 2.24) is 0 Å². The van der Waals surface area contributed by atoms with Crippen molar-refractivity contribution in [2.24, 2.45) is 0 Å². The van der Waals surface area contributed by atoms with Crippen molar-refractivity contribution in [1.29, 1.82) is 0 Å². The van der Waals surface area contributed by atoms with Crippen molar-refractivity contribution >= 4 is 5.78 Å². The lowest BCUT2D eigenvalue weighted by Gasteiger charge is -2.31. The number of phenolic OH excluding ortho intramolecular Hbond substituents is 1. The average Bonchev–Trinajstić information content (AvgIpc) is 2.59. The van der Waals surface area contributed by atoms with Crippen LogP contribution in [0.15, 0.2) is 36.4 Å². The first-order valence-corrected chi connectivity index (χ1v) is 7.00. The van der Waals surface area contributed by atoms with Crippen LogP contribution >= 0.6 is 0 Å². The monoisotopic (exact) mass is 316 g/mol. The highest BCUT2D eigenvalue weighted by Crippen LogP contribution is 2.49. The van der Waals surface area contributed by atoms with E-state index >= 15 is 0 Å². The maximum Gasteiger partial charge on any atom is 0.203 e. The van der Waals surface area contributed by atoms with Crippen molar-refractivity contribution < 1.29 is 29.2 Å². The third-order valence-corrected chi connectivity index (χ3v) is 3.80. The molecule has 3 rings (SSSR count). The largest absolute Gasteiger partial charge is 0.502 e. The second kappa shape index (κ2) is 5.81. The van der Waals surface area contributed by atoms with Crippen LogP contribution in [-0.2, 0) is 0 Å². The summed E-state index contributed by atoms with van der Waals surface area (Å²) in [5, 5.41) is 20.6. The molecule has 0 aromatic heterocycles. The molecule has 0 amide bonds. The van der Waals surface area contributed by atoms with Crippen molar-refractivity contribution in [2.75, 3.05) is 14.2 Å². The van der Waals surface area contributed by atoms with E-state index in [1.807, 2.05) is 6.07 Å². The summed E-state index contributed by atoms with van der Waals surface area (Å²) < 4.78 is 16.0. The van der Waals surface area contributed by atoms with Gasteiger partial charge in [0.2, 0.25) is 11.5 Å². The molecule has 120 valence electrons. The number of aliphatic hydroxyl groups is 1. The lowest BCUT2D eigenvalue weighted by molar-refractivity contribution is 0.0197. The first-order valence-electron chi connectivity index (χ1n) is 7.00. The van der Waals surface area contributed by atoms with Crippen LogP contribution < -0.4 is 14.2 Å². The molecular weight excluding hydrogens is 300 g/mol. The molecule has 1 heterocycles. The molecule has 0 radical (unpaired) electrons. The lowest BCUT2D eigenvalue weighted by atomic mass is 9.92. The van der Waals surface area contributed by atoms with Crippen LogP contribution in [-0.4, -0.2) is 36.3 Å². The number of benzene rings is 2. The lowest BCUT2D eigenvalue weighted by Crippen LogP contribution is -2.36. The fourth-order valence-electron chi connectivity index (χ4n) is 2.64. The predicted octanol–water partition coefficient (Wildman–Crippen LogP) is 2.09. The molecule has 2 N–H and O–H groups in total. The molecule has 1 aliphatic rings. The van der Waals surface area contributed by atoms with Gasteiger partial charge in [-0.05, 0) is 5.56 Å². The molecule has 2 atom stereocenters. The number of hydrogen-bond acceptors (Lipinski definition) is 6. The standard InChI is InChI=1S/C17H16O6/c1-21-10-8-11(22-2)13(18)17-12(10)14(19)15(20)16(23-17)9-6-4-3-5-7-9/h3-8,15-16,18,20H,1-2H3. The Kier molecular flexibility index (Phi) is 3.83. The van der Waals surface area contributed by atoms with Crippen LogP contribution in [0.5, 0.6) is 23.0 Å². The van der Waals surface area contributed by atoms with Crippen LogP contribution in [0.4, 0.5) is 0 Å². The van der Waals surface area contributed by atoms with Gasteiger partial charge in [-0.25, -0.2) is 0 Å². The summed E-state index contributed by atoms with van der Waals surface area (Å²) in [6.07, 6.45) is -2.31. The summed E-state index contributed by atoms with van der Waals surface area (Å²) in [4.78, 5) is 12.6. The third-order valence-electron chi connectivity index (χ3n) is 3.80. The first-order chi connectivity index (χ1) is 11.1. The van der Waals surface area contributed by atoms with Crippen LogP contribution in [0.2, 0.25) is 0 Å². The Bertz CT molecular complexity index is 740. The van der Waals surface area contributed by atoms with Crippen molar-refractivity contribution in [3.63, 3.8) is 0 Å². The van der Waals surface area contributed by atoms with Gasteiger partial charge in [0, 0.05) is 6.07 Å². The molecule has 6 heteroatoms. The van der Waals surface area contributed by atoms with Crippen LogP contribution in [0.3, 0.4) is 0 Å². The molecule has 0 saturated carbocycles. The van der Waals surface area contributed by atoms with Gasteiger partial charge in [0.25, 0.3) is 0 Å². The van der Waals surface area contributed by atoms with Crippen LogP contribution in [0.1, 0.15) is 22.0 Å². The second-order valence-electron chi connectivity index (χ2n) is 5.09. The SMILES string of the molecule is COc1cc(OC)c2c(c1O)OC(c1ccccc1)C(O)C2=O. The Morgan fingerprint density at radius 3 is 2.35 bits per heavy atom. The number of carbonyl (C=O) groups excluding carboxylic acids is 1. The zero-order valence-electron chi connectivity index (χ0n) is 12.6. The quantitative estimate of drug-likeness (QED) is 0.902. The highest BCUT2D eigenvalue weighted by molar-refractivity contribution is 6.06. The summed E-state index contributed by atoms with van der Waals surface area (Å²) in [6, 6.07) is 10.2. The first kappa shape index (κ1) is 15.2. The van der Waals surface area contributed by atoms with Gasteiger partial charge < -0.3 is 24.4 Å². The summed E-state index contributed by atoms with van der Waals surface area (Å²) in [6.45, 7) is 0. The number of fused-ring (bicyclic) bond motifs is 1. The zero-order valence-corrected chi connectivity index (χ0v) is 12.6. The summed E-state index contributed by atoms with van der Waals surface area (Å²) >= 11 is 0. The number of carbonyl (C=O) groups is 1. The van der Waals surface area contributed by atoms with E-state index in [9.17, 15) is 15.0 Å². The number of aliphatic hydroxyl groups excluding tert-OH is 1. The predicted molar refractivity (Wildman–Crippen MR) is 81.4 cm³/mol. The van der Waals surface area contributed by atoms with E-state index in [2.05, 4.69) is 0 Å². The van der Waals surface area contributed by atoms with Gasteiger partial charge in [0.1, 0.15) is 11.3 Å². The number of Topliss-reactive ketones (excluding diaryl/α,β-unsaturated/α-hetero) is 1. The van der Waals surface area contributed by atoms with E-state index < -0.39 is 18.0 Å². The van der Waals surface area contributed by atoms with E-state index in [0.717, 1.165) is 0 Å². The highest BCUT2D eigenvalue weighted by atomic mass is 16.5. The van der Waals surface area contributed by atoms with Gasteiger partial charge in [-0.15, -0.1) is 0 Å². The fraction of sp³-hybridized carbons (Fsp3) is 0.235. The Morgan fingerprint density at radius 1 is 1.09 bits per heavy atom. The number of ketones is 1.